The molecule has 1 aromatic carbocycles. The molecule has 0 spiro atoms. The molecule has 0 bridgehead atoms. The third-order valence-electron chi connectivity index (χ3n) is 2.34. The highest BCUT2D eigenvalue weighted by Crippen LogP contribution is 2.20. The van der Waals surface area contributed by atoms with Crippen LogP contribution >= 0.6 is 0 Å². The van der Waals surface area contributed by atoms with Crippen LogP contribution in [-0.4, -0.2) is 32.5 Å². The Labute approximate surface area is 120 Å². The van der Waals surface area contributed by atoms with Crippen molar-refractivity contribution < 1.29 is 27.3 Å². The molecule has 0 aliphatic heterocycles. The number of esters is 1. The van der Waals surface area contributed by atoms with E-state index in [0.717, 1.165) is 12.1 Å². The second-order valence-electron chi connectivity index (χ2n) is 3.82. The highest BCUT2D eigenvalue weighted by Gasteiger charge is 2.21. The highest BCUT2D eigenvalue weighted by atomic mass is 32.2. The molecule has 10 heteroatoms. The predicted octanol–water partition coefficient (Wildman–Crippen LogP) is 0.965. The van der Waals surface area contributed by atoms with Crippen molar-refractivity contribution in [2.45, 2.75) is 18.2 Å². The number of carbonyl (C=O) groups excluding carboxylic acids is 1. The molecule has 0 fully saturated rings. The maximum absolute atomic E-state index is 13.6. The van der Waals surface area contributed by atoms with Crippen molar-refractivity contribution in [1.29, 1.82) is 0 Å². The fourth-order valence-electron chi connectivity index (χ4n) is 1.42. The molecule has 1 N–H and O–H groups in total. The lowest BCUT2D eigenvalue weighted by molar-refractivity contribution is -0.385. The average Bonchev–Trinajstić information content (AvgIpc) is 2.38. The summed E-state index contributed by atoms with van der Waals surface area (Å²) in [6.45, 7) is 1.51. The lowest BCUT2D eigenvalue weighted by Crippen LogP contribution is -2.27. The van der Waals surface area contributed by atoms with Gasteiger partial charge in [-0.2, -0.15) is 0 Å². The normalized spacial score (nSPS) is 11.1. The Balaban J connectivity index is 2.79. The Bertz CT molecular complexity index is 646. The van der Waals surface area contributed by atoms with Crippen LogP contribution in [0.4, 0.5) is 10.1 Å². The van der Waals surface area contributed by atoms with Crippen LogP contribution in [-0.2, 0) is 19.6 Å². The minimum absolute atomic E-state index is 0.169. The number of hydrogen-bond acceptors (Lipinski definition) is 6. The van der Waals surface area contributed by atoms with E-state index in [2.05, 4.69) is 4.74 Å². The minimum Gasteiger partial charge on any atom is -0.466 e. The van der Waals surface area contributed by atoms with E-state index in [9.17, 15) is 27.7 Å². The summed E-state index contributed by atoms with van der Waals surface area (Å²) < 4.78 is 43.8. The summed E-state index contributed by atoms with van der Waals surface area (Å²) in [5.74, 6) is -1.84. The molecule has 1 rings (SSSR count). The number of ether oxygens (including phenoxy) is 1. The Morgan fingerprint density at radius 3 is 2.67 bits per heavy atom. The second kappa shape index (κ2) is 7.09. The van der Waals surface area contributed by atoms with Gasteiger partial charge in [0, 0.05) is 12.6 Å². The SMILES string of the molecule is CCOC(=O)CCNS(=O)(=O)c1ccc([N+](=O)[O-])cc1F. The van der Waals surface area contributed by atoms with Crippen LogP contribution in [0.25, 0.3) is 0 Å². The molecule has 0 amide bonds. The fourth-order valence-corrected chi connectivity index (χ4v) is 2.51. The van der Waals surface area contributed by atoms with Gasteiger partial charge in [0.05, 0.1) is 24.0 Å². The van der Waals surface area contributed by atoms with Gasteiger partial charge in [-0.3, -0.25) is 14.9 Å². The zero-order valence-corrected chi connectivity index (χ0v) is 11.9. The Hall–Kier alpha value is -2.07. The molecule has 0 unspecified atom stereocenters. The minimum atomic E-state index is -4.20. The van der Waals surface area contributed by atoms with E-state index in [4.69, 9.17) is 0 Å². The average molecular weight is 320 g/mol. The smallest absolute Gasteiger partial charge is 0.307 e. The quantitative estimate of drug-likeness (QED) is 0.454. The van der Waals surface area contributed by atoms with Crippen LogP contribution in [0.15, 0.2) is 23.1 Å². The van der Waals surface area contributed by atoms with Gasteiger partial charge in [-0.25, -0.2) is 17.5 Å². The fraction of sp³-hybridized carbons (Fsp3) is 0.364. The molecule has 0 saturated heterocycles. The molecule has 0 atom stereocenters. The van der Waals surface area contributed by atoms with Gasteiger partial charge in [0.2, 0.25) is 10.0 Å². The number of halogens is 1. The summed E-state index contributed by atoms with van der Waals surface area (Å²) in [4.78, 5) is 19.9. The standard InChI is InChI=1S/C11H13FN2O6S/c1-2-20-11(15)5-6-13-21(18,19)10-4-3-8(14(16)17)7-9(10)12/h3-4,7,13H,2,5-6H2,1H3. The first-order valence-electron chi connectivity index (χ1n) is 5.87. The largest absolute Gasteiger partial charge is 0.466 e. The Kier molecular flexibility index (Phi) is 5.73. The number of carbonyl (C=O) groups is 1. The van der Waals surface area contributed by atoms with Crippen molar-refractivity contribution in [1.82, 2.24) is 4.72 Å². The summed E-state index contributed by atoms with van der Waals surface area (Å²) in [5, 5.41) is 10.4. The van der Waals surface area contributed by atoms with Gasteiger partial charge < -0.3 is 4.74 Å². The Morgan fingerprint density at radius 1 is 1.48 bits per heavy atom. The molecule has 1 aromatic rings. The molecule has 21 heavy (non-hydrogen) atoms. The van der Waals surface area contributed by atoms with Crippen LogP contribution in [0.2, 0.25) is 0 Å². The van der Waals surface area contributed by atoms with Crippen LogP contribution in [0.5, 0.6) is 0 Å². The zero-order chi connectivity index (χ0) is 16.0. The zero-order valence-electron chi connectivity index (χ0n) is 11.0. The number of benzene rings is 1. The first kappa shape index (κ1) is 17.0. The van der Waals surface area contributed by atoms with E-state index < -0.39 is 37.3 Å². The number of nitrogens with one attached hydrogen (secondary N) is 1. The van der Waals surface area contributed by atoms with Crippen molar-refractivity contribution in [3.8, 4) is 0 Å². The molecular formula is C11H13FN2O6S. The van der Waals surface area contributed by atoms with Crippen LogP contribution in [0.3, 0.4) is 0 Å². The molecular weight excluding hydrogens is 307 g/mol. The number of nitrogens with zero attached hydrogens (tertiary/aromatic N) is 1. The summed E-state index contributed by atoms with van der Waals surface area (Å²) in [5.41, 5.74) is -0.557. The summed E-state index contributed by atoms with van der Waals surface area (Å²) >= 11 is 0. The summed E-state index contributed by atoms with van der Waals surface area (Å²) in [6.07, 6.45) is -0.207. The second-order valence-corrected chi connectivity index (χ2v) is 5.56. The van der Waals surface area contributed by atoms with Crippen molar-refractivity contribution >= 4 is 21.7 Å². The summed E-state index contributed by atoms with van der Waals surface area (Å²) in [6, 6.07) is 2.18. The van der Waals surface area contributed by atoms with Gasteiger partial charge in [0.1, 0.15) is 10.7 Å². The third kappa shape index (κ3) is 4.76. The van der Waals surface area contributed by atoms with Gasteiger partial charge in [-0.1, -0.05) is 0 Å². The maximum Gasteiger partial charge on any atom is 0.307 e. The Morgan fingerprint density at radius 2 is 2.14 bits per heavy atom. The predicted molar refractivity (Wildman–Crippen MR) is 69.5 cm³/mol. The first-order valence-corrected chi connectivity index (χ1v) is 7.35. The van der Waals surface area contributed by atoms with Crippen LogP contribution in [0.1, 0.15) is 13.3 Å². The van der Waals surface area contributed by atoms with E-state index in [0.29, 0.717) is 6.07 Å². The van der Waals surface area contributed by atoms with Crippen molar-refractivity contribution in [3.63, 3.8) is 0 Å². The lowest BCUT2D eigenvalue weighted by Gasteiger charge is -2.07. The monoisotopic (exact) mass is 320 g/mol. The van der Waals surface area contributed by atoms with Gasteiger partial charge >= 0.3 is 5.97 Å². The molecule has 0 aromatic heterocycles. The van der Waals surface area contributed by atoms with E-state index in [1.807, 2.05) is 4.72 Å². The highest BCUT2D eigenvalue weighted by molar-refractivity contribution is 7.89. The molecule has 0 heterocycles. The lowest BCUT2D eigenvalue weighted by atomic mass is 10.3. The van der Waals surface area contributed by atoms with E-state index in [1.165, 1.54) is 0 Å². The molecule has 0 aliphatic carbocycles. The van der Waals surface area contributed by atoms with Gasteiger partial charge in [-0.05, 0) is 13.0 Å². The van der Waals surface area contributed by atoms with E-state index in [1.54, 1.807) is 6.92 Å². The number of sulfonamides is 1. The van der Waals surface area contributed by atoms with Gasteiger partial charge in [-0.15, -0.1) is 0 Å². The summed E-state index contributed by atoms with van der Waals surface area (Å²) in [7, 11) is -4.20. The van der Waals surface area contributed by atoms with E-state index >= 15 is 0 Å². The van der Waals surface area contributed by atoms with Gasteiger partial charge in [0.25, 0.3) is 5.69 Å². The molecule has 0 radical (unpaired) electrons. The maximum atomic E-state index is 13.6. The number of nitro benzene ring substituents is 1. The van der Waals surface area contributed by atoms with Crippen molar-refractivity contribution in [2.24, 2.45) is 0 Å². The number of non-ortho nitro benzene ring substituents is 1. The van der Waals surface area contributed by atoms with Crippen LogP contribution < -0.4 is 4.72 Å². The van der Waals surface area contributed by atoms with E-state index in [-0.39, 0.29) is 19.6 Å². The molecule has 0 aliphatic rings. The first-order chi connectivity index (χ1) is 9.77. The third-order valence-corrected chi connectivity index (χ3v) is 3.84. The topological polar surface area (TPSA) is 116 Å². The van der Waals surface area contributed by atoms with Crippen molar-refractivity contribution in [3.05, 3.63) is 34.1 Å². The molecule has 0 saturated carbocycles. The molecule has 8 nitrogen and oxygen atoms in total. The molecule has 116 valence electrons. The number of nitro groups is 1. The number of hydrogen-bond donors (Lipinski definition) is 1. The van der Waals surface area contributed by atoms with Gasteiger partial charge in [0.15, 0.2) is 0 Å². The van der Waals surface area contributed by atoms with Crippen molar-refractivity contribution in [2.75, 3.05) is 13.2 Å². The number of rotatable bonds is 7. The van der Waals surface area contributed by atoms with Crippen LogP contribution in [0, 0.1) is 15.9 Å².